The first-order valence-corrected chi connectivity index (χ1v) is 6.99. The van der Waals surface area contributed by atoms with Crippen LogP contribution in [-0.4, -0.2) is 11.7 Å². The van der Waals surface area contributed by atoms with Crippen LogP contribution in [-0.2, 0) is 6.42 Å². The molecule has 1 aliphatic heterocycles. The molecule has 4 heteroatoms. The first-order chi connectivity index (χ1) is 8.13. The summed E-state index contributed by atoms with van der Waals surface area (Å²) in [6, 6.07) is 5.55. The van der Waals surface area contributed by atoms with E-state index in [-0.39, 0.29) is 0 Å². The van der Waals surface area contributed by atoms with E-state index < -0.39 is 0 Å². The normalized spacial score (nSPS) is 14.9. The Morgan fingerprint density at radius 3 is 2.71 bits per heavy atom. The molecule has 2 N–H and O–H groups in total. The van der Waals surface area contributed by atoms with E-state index in [1.54, 1.807) is 6.07 Å². The zero-order valence-corrected chi connectivity index (χ0v) is 12.4. The predicted molar refractivity (Wildman–Crippen MR) is 77.2 cm³/mol. The van der Waals surface area contributed by atoms with E-state index in [1.807, 2.05) is 18.3 Å². The molecule has 0 radical (unpaired) electrons. The van der Waals surface area contributed by atoms with E-state index >= 15 is 0 Å². The van der Waals surface area contributed by atoms with Crippen LogP contribution in [0.2, 0.25) is 0 Å². The number of aryl methyl sites for hydroxylation is 1. The van der Waals surface area contributed by atoms with E-state index in [4.69, 9.17) is 0 Å². The second-order valence-corrected chi connectivity index (χ2v) is 5.86. The number of phenolic OH excluding ortho intramolecular Hbond substituents is 1. The lowest BCUT2D eigenvalue weighted by Gasteiger charge is -2.13. The average Bonchev–Trinajstić information content (AvgIpc) is 2.25. The van der Waals surface area contributed by atoms with Crippen molar-refractivity contribution in [3.63, 3.8) is 0 Å². The smallest absolute Gasteiger partial charge is 0.116 e. The van der Waals surface area contributed by atoms with E-state index in [0.29, 0.717) is 5.75 Å². The molecule has 2 rings (SSSR count). The summed E-state index contributed by atoms with van der Waals surface area (Å²) in [4.78, 5) is 0. The molecule has 2 nitrogen and oxygen atoms in total. The van der Waals surface area contributed by atoms with Crippen LogP contribution in [0, 0.1) is 0 Å². The summed E-state index contributed by atoms with van der Waals surface area (Å²) in [5.41, 5.74) is 2.50. The van der Waals surface area contributed by atoms with E-state index in [2.05, 4.69) is 43.3 Å². The molecule has 0 aromatic heterocycles. The summed E-state index contributed by atoms with van der Waals surface area (Å²) < 4.78 is 2.00. The molecule has 0 atom stereocenters. The topological polar surface area (TPSA) is 32.3 Å². The number of benzene rings is 1. The maximum atomic E-state index is 9.50. The molecule has 1 aromatic rings. The molecule has 1 heterocycles. The Morgan fingerprint density at radius 1 is 1.18 bits per heavy atom. The fourth-order valence-corrected chi connectivity index (χ4v) is 2.82. The molecule has 17 heavy (non-hydrogen) atoms. The van der Waals surface area contributed by atoms with Crippen molar-refractivity contribution in [1.82, 2.24) is 5.32 Å². The SMILES string of the molecule is Oc1cc(Br)cc(CCC2=CC(Br)=CNC2)c1. The average molecular weight is 359 g/mol. The minimum Gasteiger partial charge on any atom is -0.508 e. The maximum Gasteiger partial charge on any atom is 0.116 e. The fourth-order valence-electron chi connectivity index (χ4n) is 1.81. The van der Waals surface area contributed by atoms with Crippen LogP contribution >= 0.6 is 31.9 Å². The molecule has 0 amide bonds. The van der Waals surface area contributed by atoms with Crippen molar-refractivity contribution in [2.45, 2.75) is 12.8 Å². The number of nitrogens with one attached hydrogen (secondary N) is 1. The number of halogens is 2. The number of hydrogen-bond acceptors (Lipinski definition) is 2. The minimum atomic E-state index is 0.311. The van der Waals surface area contributed by atoms with E-state index in [9.17, 15) is 5.11 Å². The third-order valence-electron chi connectivity index (χ3n) is 2.59. The van der Waals surface area contributed by atoms with Crippen molar-refractivity contribution in [2.24, 2.45) is 0 Å². The minimum absolute atomic E-state index is 0.311. The highest BCUT2D eigenvalue weighted by atomic mass is 79.9. The standard InChI is InChI=1S/C13H13Br2NO/c14-11-3-9(5-13(17)6-11)1-2-10-4-12(15)8-16-7-10/h3-6,8,16-17H,1-2,7H2. The Morgan fingerprint density at radius 2 is 2.00 bits per heavy atom. The lowest BCUT2D eigenvalue weighted by molar-refractivity contribution is 0.474. The summed E-state index contributed by atoms with van der Waals surface area (Å²) in [6.07, 6.45) is 6.02. The zero-order chi connectivity index (χ0) is 12.3. The molecule has 0 bridgehead atoms. The number of hydrogen-bond donors (Lipinski definition) is 2. The van der Waals surface area contributed by atoms with Gasteiger partial charge >= 0.3 is 0 Å². The second-order valence-electron chi connectivity index (χ2n) is 4.03. The van der Waals surface area contributed by atoms with Gasteiger partial charge in [0.15, 0.2) is 0 Å². The van der Waals surface area contributed by atoms with Crippen LogP contribution < -0.4 is 5.32 Å². The second kappa shape index (κ2) is 5.74. The molecule has 1 aliphatic rings. The summed E-state index contributed by atoms with van der Waals surface area (Å²) >= 11 is 6.84. The Labute approximate surface area is 118 Å². The highest BCUT2D eigenvalue weighted by Gasteiger charge is 2.05. The maximum absolute atomic E-state index is 9.50. The lowest BCUT2D eigenvalue weighted by Crippen LogP contribution is -2.14. The van der Waals surface area contributed by atoms with Gasteiger partial charge in [0.25, 0.3) is 0 Å². The summed E-state index contributed by atoms with van der Waals surface area (Å²) in [6.45, 7) is 0.898. The van der Waals surface area contributed by atoms with Gasteiger partial charge in [-0.3, -0.25) is 0 Å². The van der Waals surface area contributed by atoms with Gasteiger partial charge in [0.05, 0.1) is 0 Å². The molecular formula is C13H13Br2NO. The molecule has 0 spiro atoms. The summed E-state index contributed by atoms with van der Waals surface area (Å²) in [5.74, 6) is 0.311. The molecule has 0 saturated heterocycles. The zero-order valence-electron chi connectivity index (χ0n) is 9.21. The molecule has 0 fully saturated rings. The Kier molecular flexibility index (Phi) is 4.29. The number of aromatic hydroxyl groups is 1. The number of rotatable bonds is 3. The first-order valence-electron chi connectivity index (χ1n) is 5.40. The third-order valence-corrected chi connectivity index (χ3v) is 3.50. The van der Waals surface area contributed by atoms with Crippen molar-refractivity contribution in [3.8, 4) is 5.75 Å². The molecule has 0 saturated carbocycles. The molecule has 0 unspecified atom stereocenters. The van der Waals surface area contributed by atoms with Gasteiger partial charge in [-0.2, -0.15) is 0 Å². The van der Waals surface area contributed by atoms with Crippen LogP contribution in [0.5, 0.6) is 5.75 Å². The Balaban J connectivity index is 2.00. The Hall–Kier alpha value is -0.740. The number of dihydropyridines is 1. The molecule has 90 valence electrons. The van der Waals surface area contributed by atoms with Gasteiger partial charge < -0.3 is 10.4 Å². The van der Waals surface area contributed by atoms with Crippen LogP contribution in [0.1, 0.15) is 12.0 Å². The lowest BCUT2D eigenvalue weighted by atomic mass is 10.0. The van der Waals surface area contributed by atoms with Crippen LogP contribution in [0.15, 0.2) is 45.0 Å². The van der Waals surface area contributed by atoms with E-state index in [0.717, 1.165) is 33.9 Å². The summed E-state index contributed by atoms with van der Waals surface area (Å²) in [5, 5.41) is 12.7. The Bertz CT molecular complexity index is 460. The quantitative estimate of drug-likeness (QED) is 0.860. The van der Waals surface area contributed by atoms with Gasteiger partial charge in [0, 0.05) is 21.7 Å². The van der Waals surface area contributed by atoms with Gasteiger partial charge in [0.1, 0.15) is 5.75 Å². The van der Waals surface area contributed by atoms with Crippen LogP contribution in [0.25, 0.3) is 0 Å². The number of phenols is 1. The first kappa shape index (κ1) is 12.7. The highest BCUT2D eigenvalue weighted by molar-refractivity contribution is 9.12. The van der Waals surface area contributed by atoms with Crippen molar-refractivity contribution in [3.05, 3.63) is 50.6 Å². The summed E-state index contributed by atoms with van der Waals surface area (Å²) in [7, 11) is 0. The van der Waals surface area contributed by atoms with Crippen molar-refractivity contribution < 1.29 is 5.11 Å². The van der Waals surface area contributed by atoms with Gasteiger partial charge in [-0.1, -0.05) is 15.9 Å². The fraction of sp³-hybridized carbons (Fsp3) is 0.231. The van der Waals surface area contributed by atoms with Gasteiger partial charge in [0.2, 0.25) is 0 Å². The van der Waals surface area contributed by atoms with Gasteiger partial charge in [-0.25, -0.2) is 0 Å². The highest BCUT2D eigenvalue weighted by Crippen LogP contribution is 2.23. The van der Waals surface area contributed by atoms with Crippen LogP contribution in [0.4, 0.5) is 0 Å². The predicted octanol–water partition coefficient (Wildman–Crippen LogP) is 3.85. The van der Waals surface area contributed by atoms with Crippen molar-refractivity contribution in [1.29, 1.82) is 0 Å². The van der Waals surface area contributed by atoms with Crippen molar-refractivity contribution in [2.75, 3.05) is 6.54 Å². The van der Waals surface area contributed by atoms with Gasteiger partial charge in [-0.15, -0.1) is 0 Å². The molecular weight excluding hydrogens is 346 g/mol. The number of allylic oxidation sites excluding steroid dienone is 2. The third kappa shape index (κ3) is 3.89. The van der Waals surface area contributed by atoms with E-state index in [1.165, 1.54) is 5.57 Å². The van der Waals surface area contributed by atoms with Crippen molar-refractivity contribution >= 4 is 31.9 Å². The molecule has 1 aromatic carbocycles. The largest absolute Gasteiger partial charge is 0.508 e. The monoisotopic (exact) mass is 357 g/mol. The van der Waals surface area contributed by atoms with Crippen LogP contribution in [0.3, 0.4) is 0 Å². The van der Waals surface area contributed by atoms with Gasteiger partial charge in [-0.05, 0) is 64.2 Å². The molecule has 0 aliphatic carbocycles.